The summed E-state index contributed by atoms with van der Waals surface area (Å²) in [6, 6.07) is 6.18. The van der Waals surface area contributed by atoms with Crippen LogP contribution in [0.3, 0.4) is 0 Å². The lowest BCUT2D eigenvalue weighted by Gasteiger charge is -2.70. The number of rotatable bonds is 12. The highest BCUT2D eigenvalue weighted by Gasteiger charge is 2.91. The molecular weight excluding hydrogens is 660 g/mol. The molecule has 51 heavy (non-hydrogen) atoms. The molecule has 6 aliphatic rings. The minimum absolute atomic E-state index is 0.0402. The number of hydrogen-bond donors (Lipinski definition) is 3. The zero-order valence-electron chi connectivity index (χ0n) is 30.8. The third-order valence-electron chi connectivity index (χ3n) is 14.3. The van der Waals surface area contributed by atoms with E-state index in [0.29, 0.717) is 25.9 Å². The van der Waals surface area contributed by atoms with Gasteiger partial charge in [-0.05, 0) is 43.9 Å². The van der Waals surface area contributed by atoms with Crippen LogP contribution in [0, 0.1) is 40.4 Å². The van der Waals surface area contributed by atoms with Crippen LogP contribution in [0.2, 0.25) is 0 Å². The van der Waals surface area contributed by atoms with Gasteiger partial charge in [-0.15, -0.1) is 0 Å². The lowest BCUT2D eigenvalue weighted by molar-refractivity contribution is -0.320. The first-order valence-corrected chi connectivity index (χ1v) is 18.3. The fraction of sp³-hybridized carbons (Fsp3) is 0.763. The van der Waals surface area contributed by atoms with Gasteiger partial charge in [0.1, 0.15) is 11.2 Å². The fourth-order valence-electron chi connectivity index (χ4n) is 12.8. The van der Waals surface area contributed by atoms with Gasteiger partial charge in [0.05, 0.1) is 61.3 Å². The molecule has 1 amide bonds. The number of aliphatic hydroxyl groups is 2. The van der Waals surface area contributed by atoms with Crippen molar-refractivity contribution in [1.29, 1.82) is 0 Å². The van der Waals surface area contributed by atoms with E-state index in [1.165, 1.54) is 7.11 Å². The van der Waals surface area contributed by atoms with E-state index in [1.54, 1.807) is 59.6 Å². The molecule has 1 aromatic rings. The quantitative estimate of drug-likeness (QED) is 0.272. The Morgan fingerprint density at radius 1 is 1.04 bits per heavy atom. The number of methoxy groups -OCH3 is 5. The van der Waals surface area contributed by atoms with Crippen molar-refractivity contribution in [2.45, 2.75) is 87.6 Å². The summed E-state index contributed by atoms with van der Waals surface area (Å²) in [6.07, 6.45) is 0.602. The number of para-hydroxylation sites is 1. The second-order valence-corrected chi connectivity index (χ2v) is 16.0. The van der Waals surface area contributed by atoms with E-state index in [-0.39, 0.29) is 72.7 Å². The monoisotopic (exact) mass is 714 g/mol. The largest absolute Gasteiger partial charge is 0.469 e. The highest BCUT2D eigenvalue weighted by Crippen LogP contribution is 2.80. The lowest BCUT2D eigenvalue weighted by atomic mass is 9.42. The van der Waals surface area contributed by atoms with Crippen LogP contribution in [-0.4, -0.2) is 130 Å². The Labute approximate surface area is 299 Å². The number of esters is 2. The van der Waals surface area contributed by atoms with Crippen LogP contribution in [0.25, 0.3) is 0 Å². The number of amides is 1. The third-order valence-corrected chi connectivity index (χ3v) is 14.3. The standard InChI is InChI=1S/C38H54N2O11/c1-8-40-18-35(19-51-33(43)21-11-9-10-12-24(21)39-27(41)15-20(2)32(42)50-7)14-13-26(47-4)37-23-16-22-25(46-3)17-36(44,28(23)29(22)48-5)38(45,34(37)40)31(49-6)30(35)37/h9-12,20,22-23,25-26,28-31,34,44-45H,8,13-19H2,1-7H3,(H,39,41)/t20?,22-,23-,25+,26?,28-,29+,30-,31+,34+,35+,36-,37+,38+/m1/s1. The molecule has 14 atom stereocenters. The summed E-state index contributed by atoms with van der Waals surface area (Å²) < 4.78 is 36.1. The van der Waals surface area contributed by atoms with E-state index >= 15 is 0 Å². The molecule has 13 heteroatoms. The summed E-state index contributed by atoms with van der Waals surface area (Å²) in [5.41, 5.74) is -4.08. The van der Waals surface area contributed by atoms with E-state index in [1.807, 2.05) is 0 Å². The number of hydrogen-bond acceptors (Lipinski definition) is 12. The first-order valence-electron chi connectivity index (χ1n) is 18.3. The maximum absolute atomic E-state index is 14.0. The highest BCUT2D eigenvalue weighted by molar-refractivity contribution is 6.01. The predicted octanol–water partition coefficient (Wildman–Crippen LogP) is 2.27. The zero-order valence-corrected chi connectivity index (χ0v) is 30.8. The van der Waals surface area contributed by atoms with Crippen molar-refractivity contribution in [3.8, 4) is 0 Å². The van der Waals surface area contributed by atoms with Gasteiger partial charge in [0.25, 0.3) is 0 Å². The van der Waals surface area contributed by atoms with E-state index in [4.69, 9.17) is 28.4 Å². The van der Waals surface area contributed by atoms with Crippen LogP contribution >= 0.6 is 0 Å². The molecule has 5 aliphatic carbocycles. The van der Waals surface area contributed by atoms with Crippen molar-refractivity contribution in [3.63, 3.8) is 0 Å². The molecule has 0 radical (unpaired) electrons. The Bertz CT molecular complexity index is 1540. The predicted molar refractivity (Wildman–Crippen MR) is 183 cm³/mol. The molecule has 0 aromatic heterocycles. The Morgan fingerprint density at radius 2 is 1.78 bits per heavy atom. The number of carbonyl (C=O) groups excluding carboxylic acids is 3. The minimum Gasteiger partial charge on any atom is -0.469 e. The summed E-state index contributed by atoms with van der Waals surface area (Å²) in [5, 5.41) is 29.4. The molecule has 2 unspecified atom stereocenters. The molecule has 1 aliphatic heterocycles. The van der Waals surface area contributed by atoms with Crippen LogP contribution in [0.1, 0.15) is 56.3 Å². The van der Waals surface area contributed by atoms with Crippen molar-refractivity contribution in [2.75, 3.05) is 60.6 Å². The Balaban J connectivity index is 1.26. The van der Waals surface area contributed by atoms with E-state index in [0.717, 1.165) is 6.42 Å². The number of nitrogens with zero attached hydrogens (tertiary/aromatic N) is 1. The molecule has 1 heterocycles. The van der Waals surface area contributed by atoms with Crippen LogP contribution in [-0.2, 0) is 38.0 Å². The number of carbonyl (C=O) groups is 3. The Hall–Kier alpha value is -2.65. The van der Waals surface area contributed by atoms with Crippen molar-refractivity contribution in [3.05, 3.63) is 29.8 Å². The molecule has 1 spiro atoms. The smallest absolute Gasteiger partial charge is 0.340 e. The number of fused-ring (bicyclic) bond motifs is 2. The van der Waals surface area contributed by atoms with Gasteiger partial charge in [-0.1, -0.05) is 26.0 Å². The summed E-state index contributed by atoms with van der Waals surface area (Å²) >= 11 is 0. The third kappa shape index (κ3) is 4.74. The average molecular weight is 715 g/mol. The second-order valence-electron chi connectivity index (χ2n) is 16.0. The topological polar surface area (TPSA) is 162 Å². The normalized spacial score (nSPS) is 43.7. The van der Waals surface area contributed by atoms with E-state index in [9.17, 15) is 24.6 Å². The van der Waals surface area contributed by atoms with Crippen molar-refractivity contribution in [2.24, 2.45) is 40.4 Å². The van der Waals surface area contributed by atoms with Crippen LogP contribution in [0.5, 0.6) is 0 Å². The number of likely N-dealkylation sites (tertiary alicyclic amines) is 1. The number of benzene rings is 1. The summed E-state index contributed by atoms with van der Waals surface area (Å²) in [5.74, 6) is -2.89. The van der Waals surface area contributed by atoms with Gasteiger partial charge in [-0.25, -0.2) is 4.79 Å². The van der Waals surface area contributed by atoms with Gasteiger partial charge < -0.3 is 44.0 Å². The van der Waals surface area contributed by atoms with Crippen LogP contribution in [0.4, 0.5) is 5.69 Å². The molecule has 3 N–H and O–H groups in total. The molecule has 13 nitrogen and oxygen atoms in total. The molecule has 1 aromatic carbocycles. The molecular formula is C38H54N2O11. The van der Waals surface area contributed by atoms with Gasteiger partial charge >= 0.3 is 11.9 Å². The summed E-state index contributed by atoms with van der Waals surface area (Å²) in [7, 11) is 7.97. The number of likely N-dealkylation sites (N-methyl/N-ethyl adjacent to an activating group) is 1. The fourth-order valence-corrected chi connectivity index (χ4v) is 12.8. The van der Waals surface area contributed by atoms with E-state index < -0.39 is 57.9 Å². The molecule has 6 fully saturated rings. The highest BCUT2D eigenvalue weighted by atomic mass is 16.5. The maximum atomic E-state index is 14.0. The second kappa shape index (κ2) is 13.0. The van der Waals surface area contributed by atoms with Crippen molar-refractivity contribution in [1.82, 2.24) is 4.90 Å². The first-order chi connectivity index (χ1) is 24.4. The number of ether oxygens (including phenoxy) is 6. The molecule has 5 saturated carbocycles. The molecule has 1 saturated heterocycles. The summed E-state index contributed by atoms with van der Waals surface area (Å²) in [4.78, 5) is 41.1. The minimum atomic E-state index is -1.70. The van der Waals surface area contributed by atoms with E-state index in [2.05, 4.69) is 17.1 Å². The first kappa shape index (κ1) is 36.7. The Morgan fingerprint density at radius 3 is 2.43 bits per heavy atom. The van der Waals surface area contributed by atoms with Crippen LogP contribution in [0.15, 0.2) is 24.3 Å². The number of piperidine rings is 1. The lowest BCUT2D eigenvalue weighted by Crippen LogP contribution is -2.82. The van der Waals surface area contributed by atoms with Crippen molar-refractivity contribution < 1.29 is 53.0 Å². The van der Waals surface area contributed by atoms with Gasteiger partial charge in [-0.3, -0.25) is 14.5 Å². The average Bonchev–Trinajstić information content (AvgIpc) is 3.55. The molecule has 7 rings (SSSR count). The van der Waals surface area contributed by atoms with Gasteiger partial charge in [0.2, 0.25) is 5.91 Å². The molecule has 282 valence electrons. The Kier molecular flexibility index (Phi) is 9.38. The summed E-state index contributed by atoms with van der Waals surface area (Å²) in [6.45, 7) is 4.85. The molecule has 7 bridgehead atoms. The maximum Gasteiger partial charge on any atom is 0.340 e. The van der Waals surface area contributed by atoms with Crippen LogP contribution < -0.4 is 5.32 Å². The van der Waals surface area contributed by atoms with Gasteiger partial charge in [0, 0.05) is 76.4 Å². The number of anilines is 1. The van der Waals surface area contributed by atoms with Gasteiger partial charge in [0.15, 0.2) is 0 Å². The zero-order chi connectivity index (χ0) is 36.7. The SMILES string of the molecule is CCN1C[C@]2(COC(=O)c3ccccc3NC(=O)CC(C)C(=O)OC)CCC(OC)[C@@]34[C@@H]5C[C@H]6[C@H](OC)[C@@H]5[C@](O)(C[C@@H]6OC)[C@](O)([C@@H](OC)[C@H]23)[C@@H]14. The van der Waals surface area contributed by atoms with Gasteiger partial charge in [-0.2, -0.15) is 0 Å². The van der Waals surface area contributed by atoms with Crippen molar-refractivity contribution >= 4 is 23.5 Å². The number of nitrogens with one attached hydrogen (secondary N) is 1.